The Morgan fingerprint density at radius 2 is 2.04 bits per heavy atom. The van der Waals surface area contributed by atoms with E-state index in [1.807, 2.05) is 35.4 Å². The maximum absolute atomic E-state index is 12.3. The minimum absolute atomic E-state index is 0.0163. The molecule has 0 atom stereocenters. The number of aromatic nitrogens is 2. The van der Waals surface area contributed by atoms with Gasteiger partial charge < -0.3 is 19.5 Å². The van der Waals surface area contributed by atoms with Crippen LogP contribution in [0, 0.1) is 6.92 Å². The van der Waals surface area contributed by atoms with Gasteiger partial charge in [0, 0.05) is 38.1 Å². The molecule has 134 valence electrons. The second-order valence-electron chi connectivity index (χ2n) is 6.52. The van der Waals surface area contributed by atoms with Crippen LogP contribution >= 0.6 is 0 Å². The van der Waals surface area contributed by atoms with Crippen LogP contribution in [0.3, 0.4) is 0 Å². The fraction of sp³-hybridized carbons (Fsp3) is 0.474. The molecule has 2 amide bonds. The Hall–Kier alpha value is -2.50. The summed E-state index contributed by atoms with van der Waals surface area (Å²) in [4.78, 5) is 18.7. The molecule has 2 heterocycles. The molecule has 25 heavy (non-hydrogen) atoms. The van der Waals surface area contributed by atoms with Crippen molar-refractivity contribution in [1.82, 2.24) is 19.8 Å². The fourth-order valence-electron chi connectivity index (χ4n) is 3.16. The van der Waals surface area contributed by atoms with Gasteiger partial charge in [0.05, 0.1) is 13.0 Å². The summed E-state index contributed by atoms with van der Waals surface area (Å²) in [6.45, 7) is 7.23. The van der Waals surface area contributed by atoms with E-state index in [1.165, 1.54) is 5.69 Å². The first kappa shape index (κ1) is 17.3. The highest BCUT2D eigenvalue weighted by Crippen LogP contribution is 2.27. The number of methoxy groups -OCH3 is 1. The molecule has 0 aliphatic carbocycles. The summed E-state index contributed by atoms with van der Waals surface area (Å²) in [6.07, 6.45) is 3.01. The zero-order valence-electron chi connectivity index (χ0n) is 15.2. The van der Waals surface area contributed by atoms with Crippen molar-refractivity contribution in [3.63, 3.8) is 0 Å². The Bertz CT molecular complexity index is 718. The van der Waals surface area contributed by atoms with E-state index in [4.69, 9.17) is 4.74 Å². The molecule has 3 rings (SSSR count). The molecular formula is C19H26N4O2. The van der Waals surface area contributed by atoms with Crippen molar-refractivity contribution in [3.8, 4) is 5.75 Å². The number of benzene rings is 1. The monoisotopic (exact) mass is 342 g/mol. The number of rotatable bonds is 6. The Kier molecular flexibility index (Phi) is 5.26. The molecule has 1 aromatic carbocycles. The van der Waals surface area contributed by atoms with Crippen LogP contribution in [0.15, 0.2) is 30.5 Å². The first-order chi connectivity index (χ1) is 12.1. The number of nitrogens with one attached hydrogen (secondary N) is 1. The van der Waals surface area contributed by atoms with E-state index in [-0.39, 0.29) is 6.03 Å². The second kappa shape index (κ2) is 7.59. The Balaban J connectivity index is 1.49. The number of ether oxygens (including phenoxy) is 1. The SMILES string of the molecule is CCCn1c(C)cnc1C1CN(C(=O)NCc2ccc(OC)cc2)C1. The van der Waals surface area contributed by atoms with Gasteiger partial charge in [0.25, 0.3) is 0 Å². The summed E-state index contributed by atoms with van der Waals surface area (Å²) in [5, 5.41) is 2.97. The Labute approximate surface area is 148 Å². The number of likely N-dealkylation sites (tertiary alicyclic amines) is 1. The van der Waals surface area contributed by atoms with Crippen molar-refractivity contribution >= 4 is 6.03 Å². The lowest BCUT2D eigenvalue weighted by molar-refractivity contribution is 0.146. The lowest BCUT2D eigenvalue weighted by Gasteiger charge is -2.39. The second-order valence-corrected chi connectivity index (χ2v) is 6.52. The zero-order chi connectivity index (χ0) is 17.8. The van der Waals surface area contributed by atoms with Crippen LogP contribution in [0.5, 0.6) is 5.75 Å². The topological polar surface area (TPSA) is 59.4 Å². The van der Waals surface area contributed by atoms with Gasteiger partial charge in [-0.25, -0.2) is 9.78 Å². The lowest BCUT2D eigenvalue weighted by Crippen LogP contribution is -2.53. The molecule has 1 N–H and O–H groups in total. The van der Waals surface area contributed by atoms with Gasteiger partial charge in [-0.2, -0.15) is 0 Å². The van der Waals surface area contributed by atoms with E-state index in [0.717, 1.165) is 43.2 Å². The quantitative estimate of drug-likeness (QED) is 0.878. The van der Waals surface area contributed by atoms with Gasteiger partial charge in [0.2, 0.25) is 0 Å². The van der Waals surface area contributed by atoms with Crippen molar-refractivity contribution in [3.05, 3.63) is 47.5 Å². The first-order valence-corrected chi connectivity index (χ1v) is 8.80. The third kappa shape index (κ3) is 3.78. The predicted octanol–water partition coefficient (Wildman–Crippen LogP) is 2.92. The highest BCUT2D eigenvalue weighted by atomic mass is 16.5. The van der Waals surface area contributed by atoms with Gasteiger partial charge in [0.1, 0.15) is 11.6 Å². The van der Waals surface area contributed by atoms with E-state index in [2.05, 4.69) is 28.7 Å². The van der Waals surface area contributed by atoms with E-state index in [1.54, 1.807) is 7.11 Å². The average molecular weight is 342 g/mol. The minimum Gasteiger partial charge on any atom is -0.497 e. The highest BCUT2D eigenvalue weighted by Gasteiger charge is 2.34. The molecule has 0 bridgehead atoms. The molecule has 1 aromatic heterocycles. The number of carbonyl (C=O) groups excluding carboxylic acids is 1. The summed E-state index contributed by atoms with van der Waals surface area (Å²) in [5.41, 5.74) is 2.25. The van der Waals surface area contributed by atoms with Crippen LogP contribution in [-0.2, 0) is 13.1 Å². The van der Waals surface area contributed by atoms with Gasteiger partial charge >= 0.3 is 6.03 Å². The minimum atomic E-state index is -0.0163. The van der Waals surface area contributed by atoms with Crippen LogP contribution < -0.4 is 10.1 Å². The molecule has 0 spiro atoms. The van der Waals surface area contributed by atoms with E-state index >= 15 is 0 Å². The molecular weight excluding hydrogens is 316 g/mol. The molecule has 1 fully saturated rings. The number of amides is 2. The van der Waals surface area contributed by atoms with E-state index < -0.39 is 0 Å². The van der Waals surface area contributed by atoms with Crippen molar-refractivity contribution in [2.45, 2.75) is 39.3 Å². The van der Waals surface area contributed by atoms with Crippen LogP contribution in [0.1, 0.15) is 36.3 Å². The molecule has 6 nitrogen and oxygen atoms in total. The zero-order valence-corrected chi connectivity index (χ0v) is 15.2. The number of urea groups is 1. The van der Waals surface area contributed by atoms with Gasteiger partial charge in [0.15, 0.2) is 0 Å². The molecule has 6 heteroatoms. The number of hydrogen-bond acceptors (Lipinski definition) is 3. The number of imidazole rings is 1. The van der Waals surface area contributed by atoms with E-state index in [0.29, 0.717) is 12.5 Å². The van der Waals surface area contributed by atoms with Crippen LogP contribution in [0.25, 0.3) is 0 Å². The summed E-state index contributed by atoms with van der Waals surface area (Å²) in [6, 6.07) is 7.70. The lowest BCUT2D eigenvalue weighted by atomic mass is 9.99. The van der Waals surface area contributed by atoms with Crippen LogP contribution in [-0.4, -0.2) is 40.7 Å². The summed E-state index contributed by atoms with van der Waals surface area (Å²) in [7, 11) is 1.64. The van der Waals surface area contributed by atoms with E-state index in [9.17, 15) is 4.79 Å². The van der Waals surface area contributed by atoms with Crippen molar-refractivity contribution in [2.75, 3.05) is 20.2 Å². The molecule has 0 unspecified atom stereocenters. The molecule has 1 aliphatic heterocycles. The summed E-state index contributed by atoms with van der Waals surface area (Å²) >= 11 is 0. The number of aryl methyl sites for hydroxylation is 1. The van der Waals surface area contributed by atoms with Crippen molar-refractivity contribution in [2.24, 2.45) is 0 Å². The maximum Gasteiger partial charge on any atom is 0.317 e. The van der Waals surface area contributed by atoms with Gasteiger partial charge in [-0.05, 0) is 31.0 Å². The molecule has 1 aliphatic rings. The Morgan fingerprint density at radius 3 is 2.68 bits per heavy atom. The largest absolute Gasteiger partial charge is 0.497 e. The van der Waals surface area contributed by atoms with Gasteiger partial charge in [-0.1, -0.05) is 19.1 Å². The third-order valence-electron chi connectivity index (χ3n) is 4.67. The summed E-state index contributed by atoms with van der Waals surface area (Å²) in [5.74, 6) is 2.27. The Morgan fingerprint density at radius 1 is 1.32 bits per heavy atom. The summed E-state index contributed by atoms with van der Waals surface area (Å²) < 4.78 is 7.41. The molecule has 0 saturated carbocycles. The molecule has 0 radical (unpaired) electrons. The predicted molar refractivity (Wildman–Crippen MR) is 96.8 cm³/mol. The molecule has 1 saturated heterocycles. The average Bonchev–Trinajstić information content (AvgIpc) is 2.93. The number of nitrogens with zero attached hydrogens (tertiary/aromatic N) is 3. The van der Waals surface area contributed by atoms with Crippen molar-refractivity contribution < 1.29 is 9.53 Å². The van der Waals surface area contributed by atoms with Crippen LogP contribution in [0.4, 0.5) is 4.79 Å². The smallest absolute Gasteiger partial charge is 0.317 e. The highest BCUT2D eigenvalue weighted by molar-refractivity contribution is 5.75. The van der Waals surface area contributed by atoms with Crippen LogP contribution in [0.2, 0.25) is 0 Å². The molecule has 2 aromatic rings. The standard InChI is InChI=1S/C19H26N4O2/c1-4-9-23-14(2)10-20-18(23)16-12-22(13-16)19(24)21-11-15-5-7-17(25-3)8-6-15/h5-8,10,16H,4,9,11-13H2,1-3H3,(H,21,24). The third-order valence-corrected chi connectivity index (χ3v) is 4.67. The number of hydrogen-bond donors (Lipinski definition) is 1. The normalized spacial score (nSPS) is 14.3. The maximum atomic E-state index is 12.3. The van der Waals surface area contributed by atoms with Crippen molar-refractivity contribution in [1.29, 1.82) is 0 Å². The fourth-order valence-corrected chi connectivity index (χ4v) is 3.16. The first-order valence-electron chi connectivity index (χ1n) is 8.80. The van der Waals surface area contributed by atoms with Gasteiger partial charge in [-0.15, -0.1) is 0 Å². The van der Waals surface area contributed by atoms with Gasteiger partial charge in [-0.3, -0.25) is 0 Å². The number of carbonyl (C=O) groups is 1.